The van der Waals surface area contributed by atoms with Crippen LogP contribution in [0.4, 0.5) is 0 Å². The molecule has 6 nitrogen and oxygen atoms in total. The van der Waals surface area contributed by atoms with Gasteiger partial charge in [-0.3, -0.25) is 4.79 Å². The van der Waals surface area contributed by atoms with E-state index in [4.69, 9.17) is 21.1 Å². The number of halogens is 1. The fourth-order valence-corrected chi connectivity index (χ4v) is 3.16. The standard InChI is InChI=1S/C17H22ClN3O3S/c1-4-23-16(22)11-25-17-20-19-15(21(17)3)6-5-9-24-14-8-7-13(18)10-12(14)2/h7-8,10H,4-6,9,11H2,1-3H3. The molecule has 0 aliphatic carbocycles. The van der Waals surface area contributed by atoms with Crippen LogP contribution in [0.5, 0.6) is 5.75 Å². The largest absolute Gasteiger partial charge is 0.493 e. The van der Waals surface area contributed by atoms with Gasteiger partial charge in [0.2, 0.25) is 0 Å². The van der Waals surface area contributed by atoms with Crippen LogP contribution in [0, 0.1) is 6.92 Å². The molecule has 0 aliphatic rings. The summed E-state index contributed by atoms with van der Waals surface area (Å²) < 4.78 is 12.6. The van der Waals surface area contributed by atoms with Gasteiger partial charge in [0.15, 0.2) is 5.16 Å². The summed E-state index contributed by atoms with van der Waals surface area (Å²) in [5.74, 6) is 1.69. The van der Waals surface area contributed by atoms with Gasteiger partial charge in [0.25, 0.3) is 0 Å². The number of benzene rings is 1. The van der Waals surface area contributed by atoms with Gasteiger partial charge in [-0.05, 0) is 44.0 Å². The molecule has 2 rings (SSSR count). The van der Waals surface area contributed by atoms with Gasteiger partial charge in [-0.2, -0.15) is 0 Å². The molecule has 136 valence electrons. The van der Waals surface area contributed by atoms with Gasteiger partial charge in [0, 0.05) is 18.5 Å². The van der Waals surface area contributed by atoms with Crippen molar-refractivity contribution in [3.05, 3.63) is 34.6 Å². The third-order valence-electron chi connectivity index (χ3n) is 3.49. The highest BCUT2D eigenvalue weighted by Crippen LogP contribution is 2.22. The number of thioether (sulfide) groups is 1. The number of hydrogen-bond donors (Lipinski definition) is 0. The van der Waals surface area contributed by atoms with E-state index in [1.807, 2.05) is 36.7 Å². The second-order valence-corrected chi connectivity index (χ2v) is 6.79. The molecule has 1 heterocycles. The van der Waals surface area contributed by atoms with Crippen LogP contribution in [-0.2, 0) is 23.0 Å². The molecular formula is C17H22ClN3O3S. The molecule has 1 aromatic carbocycles. The zero-order valence-electron chi connectivity index (χ0n) is 14.6. The molecule has 0 saturated heterocycles. The Hall–Kier alpha value is -1.73. The number of aryl methyl sites for hydroxylation is 2. The molecule has 8 heteroatoms. The number of carbonyl (C=O) groups is 1. The van der Waals surface area contributed by atoms with Crippen molar-refractivity contribution in [1.82, 2.24) is 14.8 Å². The summed E-state index contributed by atoms with van der Waals surface area (Å²) in [4.78, 5) is 11.4. The molecule has 0 spiro atoms. The maximum Gasteiger partial charge on any atom is 0.316 e. The predicted molar refractivity (Wildman–Crippen MR) is 98.4 cm³/mol. The molecule has 1 aromatic heterocycles. The van der Waals surface area contributed by atoms with Gasteiger partial charge in [-0.1, -0.05) is 23.4 Å². The van der Waals surface area contributed by atoms with Crippen LogP contribution in [-0.4, -0.2) is 39.7 Å². The number of ether oxygens (including phenoxy) is 2. The van der Waals surface area contributed by atoms with Crippen LogP contribution >= 0.6 is 23.4 Å². The lowest BCUT2D eigenvalue weighted by atomic mass is 10.2. The molecule has 0 fully saturated rings. The van der Waals surface area contributed by atoms with Crippen molar-refractivity contribution in [3.63, 3.8) is 0 Å². The van der Waals surface area contributed by atoms with Crippen molar-refractivity contribution in [2.45, 2.75) is 31.8 Å². The van der Waals surface area contributed by atoms with Crippen molar-refractivity contribution >= 4 is 29.3 Å². The first-order chi connectivity index (χ1) is 12.0. The highest BCUT2D eigenvalue weighted by molar-refractivity contribution is 7.99. The van der Waals surface area contributed by atoms with E-state index in [1.165, 1.54) is 11.8 Å². The SMILES string of the molecule is CCOC(=O)CSc1nnc(CCCOc2ccc(Cl)cc2C)n1C. The first-order valence-corrected chi connectivity index (χ1v) is 9.43. The number of nitrogens with zero attached hydrogens (tertiary/aromatic N) is 3. The van der Waals surface area contributed by atoms with Gasteiger partial charge in [-0.25, -0.2) is 0 Å². The zero-order chi connectivity index (χ0) is 18.2. The van der Waals surface area contributed by atoms with Crippen molar-refractivity contribution in [1.29, 1.82) is 0 Å². The summed E-state index contributed by atoms with van der Waals surface area (Å²) in [5, 5.41) is 9.71. The molecule has 0 unspecified atom stereocenters. The lowest BCUT2D eigenvalue weighted by molar-refractivity contribution is -0.139. The minimum absolute atomic E-state index is 0.235. The zero-order valence-corrected chi connectivity index (χ0v) is 16.2. The van der Waals surface area contributed by atoms with Gasteiger partial charge in [0.05, 0.1) is 19.0 Å². The number of rotatable bonds is 9. The number of hydrogen-bond acceptors (Lipinski definition) is 6. The van der Waals surface area contributed by atoms with Crippen LogP contribution in [0.25, 0.3) is 0 Å². The third kappa shape index (κ3) is 5.93. The summed E-state index contributed by atoms with van der Waals surface area (Å²) in [5.41, 5.74) is 1.02. The third-order valence-corrected chi connectivity index (χ3v) is 4.72. The molecule has 0 radical (unpaired) electrons. The first-order valence-electron chi connectivity index (χ1n) is 8.07. The molecule has 2 aromatic rings. The molecule has 0 bridgehead atoms. The molecule has 0 amide bonds. The van der Waals surface area contributed by atoms with E-state index >= 15 is 0 Å². The quantitative estimate of drug-likeness (QED) is 0.375. The predicted octanol–water partition coefficient (Wildman–Crippen LogP) is 3.44. The summed E-state index contributed by atoms with van der Waals surface area (Å²) in [6.07, 6.45) is 1.56. The fourth-order valence-electron chi connectivity index (χ4n) is 2.20. The van der Waals surface area contributed by atoms with E-state index in [0.29, 0.717) is 23.4 Å². The Morgan fingerprint density at radius 3 is 2.88 bits per heavy atom. The van der Waals surface area contributed by atoms with Gasteiger partial charge in [0.1, 0.15) is 11.6 Å². The normalized spacial score (nSPS) is 10.7. The Kier molecular flexibility index (Phi) is 7.58. The van der Waals surface area contributed by atoms with Crippen molar-refractivity contribution in [3.8, 4) is 5.75 Å². The summed E-state index contributed by atoms with van der Waals surface area (Å²) in [6, 6.07) is 5.58. The van der Waals surface area contributed by atoms with E-state index < -0.39 is 0 Å². The maximum atomic E-state index is 11.4. The van der Waals surface area contributed by atoms with Gasteiger partial charge < -0.3 is 14.0 Å². The van der Waals surface area contributed by atoms with E-state index in [-0.39, 0.29) is 11.7 Å². The molecule has 0 saturated carbocycles. The Labute approximate surface area is 156 Å². The molecule has 0 aliphatic heterocycles. The Morgan fingerprint density at radius 2 is 2.16 bits per heavy atom. The average molecular weight is 384 g/mol. The number of esters is 1. The van der Waals surface area contributed by atoms with E-state index in [2.05, 4.69) is 10.2 Å². The second-order valence-electron chi connectivity index (χ2n) is 5.41. The smallest absolute Gasteiger partial charge is 0.316 e. The number of aromatic nitrogens is 3. The fraction of sp³-hybridized carbons (Fsp3) is 0.471. The van der Waals surface area contributed by atoms with E-state index in [0.717, 1.165) is 30.0 Å². The molecule has 0 atom stereocenters. The van der Waals surface area contributed by atoms with Crippen molar-refractivity contribution in [2.75, 3.05) is 19.0 Å². The summed E-state index contributed by atoms with van der Waals surface area (Å²) in [6.45, 7) is 4.73. The average Bonchev–Trinajstić information content (AvgIpc) is 2.92. The summed E-state index contributed by atoms with van der Waals surface area (Å²) >= 11 is 7.26. The lowest BCUT2D eigenvalue weighted by Crippen LogP contribution is -2.08. The van der Waals surface area contributed by atoms with Crippen LogP contribution in [0.15, 0.2) is 23.4 Å². The van der Waals surface area contributed by atoms with Crippen LogP contribution in [0.1, 0.15) is 24.7 Å². The monoisotopic (exact) mass is 383 g/mol. The minimum atomic E-state index is -0.246. The lowest BCUT2D eigenvalue weighted by Gasteiger charge is -2.09. The Morgan fingerprint density at radius 1 is 1.36 bits per heavy atom. The molecular weight excluding hydrogens is 362 g/mol. The Balaban J connectivity index is 1.78. The highest BCUT2D eigenvalue weighted by atomic mass is 35.5. The topological polar surface area (TPSA) is 66.2 Å². The number of carbonyl (C=O) groups excluding carboxylic acids is 1. The first kappa shape index (κ1) is 19.6. The second kappa shape index (κ2) is 9.68. The highest BCUT2D eigenvalue weighted by Gasteiger charge is 2.12. The van der Waals surface area contributed by atoms with E-state index in [1.54, 1.807) is 6.92 Å². The Bertz CT molecular complexity index is 721. The maximum absolute atomic E-state index is 11.4. The molecule has 25 heavy (non-hydrogen) atoms. The van der Waals surface area contributed by atoms with E-state index in [9.17, 15) is 4.79 Å². The van der Waals surface area contributed by atoms with Gasteiger partial charge >= 0.3 is 5.97 Å². The van der Waals surface area contributed by atoms with Crippen LogP contribution < -0.4 is 4.74 Å². The minimum Gasteiger partial charge on any atom is -0.493 e. The van der Waals surface area contributed by atoms with Crippen molar-refractivity contribution in [2.24, 2.45) is 7.05 Å². The van der Waals surface area contributed by atoms with Crippen molar-refractivity contribution < 1.29 is 14.3 Å². The summed E-state index contributed by atoms with van der Waals surface area (Å²) in [7, 11) is 1.90. The van der Waals surface area contributed by atoms with Crippen LogP contribution in [0.2, 0.25) is 5.02 Å². The van der Waals surface area contributed by atoms with Gasteiger partial charge in [-0.15, -0.1) is 10.2 Å². The molecule has 0 N–H and O–H groups in total. The van der Waals surface area contributed by atoms with Crippen LogP contribution in [0.3, 0.4) is 0 Å².